The summed E-state index contributed by atoms with van der Waals surface area (Å²) in [6.07, 6.45) is 2.85. The number of amides is 2. The zero-order valence-corrected chi connectivity index (χ0v) is 16.4. The van der Waals surface area contributed by atoms with Crippen molar-refractivity contribution in [3.05, 3.63) is 59.7 Å². The summed E-state index contributed by atoms with van der Waals surface area (Å²) in [6.45, 7) is 3.86. The first-order valence-electron chi connectivity index (χ1n) is 10.1. The van der Waals surface area contributed by atoms with Crippen LogP contribution in [0.5, 0.6) is 0 Å². The molecule has 0 saturated carbocycles. The quantitative estimate of drug-likeness (QED) is 0.891. The maximum absolute atomic E-state index is 12.9. The molecule has 5 nitrogen and oxygen atoms in total. The summed E-state index contributed by atoms with van der Waals surface area (Å²) < 4.78 is 0. The number of rotatable bonds is 4. The molecule has 1 N–H and O–H groups in total. The number of nitrogens with zero attached hydrogens (tertiary/aromatic N) is 2. The third-order valence-electron chi connectivity index (χ3n) is 5.94. The van der Waals surface area contributed by atoms with Crippen LogP contribution in [0.2, 0.25) is 0 Å². The minimum Gasteiger partial charge on any atom is -0.359 e. The van der Waals surface area contributed by atoms with Gasteiger partial charge in [-0.05, 0) is 48.2 Å². The van der Waals surface area contributed by atoms with E-state index in [9.17, 15) is 9.59 Å². The highest BCUT2D eigenvalue weighted by molar-refractivity contribution is 5.94. The van der Waals surface area contributed by atoms with Gasteiger partial charge in [0.15, 0.2) is 0 Å². The van der Waals surface area contributed by atoms with E-state index >= 15 is 0 Å². The Morgan fingerprint density at radius 1 is 0.964 bits per heavy atom. The third-order valence-corrected chi connectivity index (χ3v) is 5.94. The number of piperazine rings is 1. The molecule has 0 aliphatic carbocycles. The van der Waals surface area contributed by atoms with Crippen molar-refractivity contribution >= 4 is 11.8 Å². The van der Waals surface area contributed by atoms with Crippen molar-refractivity contribution in [2.75, 3.05) is 33.2 Å². The number of carbonyl (C=O) groups is 2. The van der Waals surface area contributed by atoms with Crippen molar-refractivity contribution in [1.29, 1.82) is 0 Å². The summed E-state index contributed by atoms with van der Waals surface area (Å²) in [5, 5.41) is 2.64. The topological polar surface area (TPSA) is 52.7 Å². The highest BCUT2D eigenvalue weighted by atomic mass is 16.2. The van der Waals surface area contributed by atoms with E-state index < -0.39 is 0 Å². The predicted octanol–water partition coefficient (Wildman–Crippen LogP) is 2.56. The molecular formula is C23H27N3O2. The van der Waals surface area contributed by atoms with Gasteiger partial charge in [0.1, 0.15) is 0 Å². The fourth-order valence-corrected chi connectivity index (χ4v) is 4.25. The summed E-state index contributed by atoms with van der Waals surface area (Å²) >= 11 is 0. The average molecular weight is 377 g/mol. The first-order chi connectivity index (χ1) is 13.6. The van der Waals surface area contributed by atoms with E-state index in [2.05, 4.69) is 10.2 Å². The number of carbonyl (C=O) groups excluding carboxylic acids is 2. The molecule has 0 radical (unpaired) electrons. The molecule has 2 aliphatic heterocycles. The fourth-order valence-electron chi connectivity index (χ4n) is 4.25. The molecule has 2 aromatic rings. The van der Waals surface area contributed by atoms with E-state index in [-0.39, 0.29) is 11.8 Å². The fraction of sp³-hybridized carbons (Fsp3) is 0.391. The highest BCUT2D eigenvalue weighted by Gasteiger charge is 2.32. The van der Waals surface area contributed by atoms with Gasteiger partial charge < -0.3 is 10.2 Å². The maximum atomic E-state index is 12.9. The van der Waals surface area contributed by atoms with Gasteiger partial charge >= 0.3 is 0 Å². The molecule has 2 saturated heterocycles. The Balaban J connectivity index is 1.42. The molecule has 4 rings (SSSR count). The molecule has 0 bridgehead atoms. The zero-order chi connectivity index (χ0) is 19.5. The van der Waals surface area contributed by atoms with E-state index in [0.717, 1.165) is 41.9 Å². The normalized spacial score (nSPS) is 19.3. The lowest BCUT2D eigenvalue weighted by Gasteiger charge is -2.37. The second-order valence-electron chi connectivity index (χ2n) is 7.71. The van der Waals surface area contributed by atoms with Crippen molar-refractivity contribution in [1.82, 2.24) is 15.1 Å². The SMILES string of the molecule is CNC(=O)Cc1ccc(-c2ccc(C(=O)N3CCN4CCCC4C3)cc2)cc1. The number of hydrogen-bond donors (Lipinski definition) is 1. The van der Waals surface area contributed by atoms with Crippen molar-refractivity contribution in [2.45, 2.75) is 25.3 Å². The standard InChI is InChI=1S/C23H27N3O2/c1-24-22(27)15-17-4-6-18(7-5-17)19-8-10-20(11-9-19)23(28)26-14-13-25-12-2-3-21(25)16-26/h4-11,21H,2-3,12-16H2,1H3,(H,24,27). The largest absolute Gasteiger partial charge is 0.359 e. The highest BCUT2D eigenvalue weighted by Crippen LogP contribution is 2.24. The summed E-state index contributed by atoms with van der Waals surface area (Å²) in [6, 6.07) is 16.4. The van der Waals surface area contributed by atoms with Crippen molar-refractivity contribution in [3.63, 3.8) is 0 Å². The van der Waals surface area contributed by atoms with Crippen LogP contribution in [0.25, 0.3) is 11.1 Å². The summed E-state index contributed by atoms with van der Waals surface area (Å²) in [5.74, 6) is 0.146. The number of nitrogens with one attached hydrogen (secondary N) is 1. The van der Waals surface area contributed by atoms with Gasteiger partial charge in [-0.3, -0.25) is 14.5 Å². The second kappa shape index (κ2) is 8.15. The van der Waals surface area contributed by atoms with Gasteiger partial charge in [-0.15, -0.1) is 0 Å². The lowest BCUT2D eigenvalue weighted by molar-refractivity contribution is -0.119. The van der Waals surface area contributed by atoms with Gasteiger partial charge in [0, 0.05) is 38.3 Å². The van der Waals surface area contributed by atoms with Crippen LogP contribution < -0.4 is 5.32 Å². The molecule has 5 heteroatoms. The van der Waals surface area contributed by atoms with Crippen molar-refractivity contribution in [2.24, 2.45) is 0 Å². The minimum atomic E-state index is 0.00838. The lowest BCUT2D eigenvalue weighted by atomic mass is 10.0. The number of hydrogen-bond acceptors (Lipinski definition) is 3. The van der Waals surface area contributed by atoms with Gasteiger partial charge in [0.25, 0.3) is 5.91 Å². The zero-order valence-electron chi connectivity index (χ0n) is 16.4. The molecule has 0 aromatic heterocycles. The molecule has 1 unspecified atom stereocenters. The molecule has 2 fully saturated rings. The molecule has 1 atom stereocenters. The Bertz CT molecular complexity index is 845. The second-order valence-corrected chi connectivity index (χ2v) is 7.71. The maximum Gasteiger partial charge on any atom is 0.253 e. The summed E-state index contributed by atoms with van der Waals surface area (Å²) in [4.78, 5) is 28.9. The van der Waals surface area contributed by atoms with Gasteiger partial charge in [0.2, 0.25) is 5.91 Å². The average Bonchev–Trinajstić information content (AvgIpc) is 3.21. The third kappa shape index (κ3) is 3.94. The summed E-state index contributed by atoms with van der Waals surface area (Å²) in [7, 11) is 1.65. The van der Waals surface area contributed by atoms with Crippen LogP contribution in [0.15, 0.2) is 48.5 Å². The van der Waals surface area contributed by atoms with Gasteiger partial charge in [-0.25, -0.2) is 0 Å². The molecule has 146 valence electrons. The molecular weight excluding hydrogens is 350 g/mol. The number of fused-ring (bicyclic) bond motifs is 1. The molecule has 28 heavy (non-hydrogen) atoms. The van der Waals surface area contributed by atoms with E-state index in [1.165, 1.54) is 19.4 Å². The molecule has 2 aromatic carbocycles. The van der Waals surface area contributed by atoms with E-state index in [0.29, 0.717) is 12.5 Å². The van der Waals surface area contributed by atoms with Crippen LogP contribution in [-0.4, -0.2) is 60.9 Å². The monoisotopic (exact) mass is 377 g/mol. The van der Waals surface area contributed by atoms with Crippen LogP contribution in [-0.2, 0) is 11.2 Å². The van der Waals surface area contributed by atoms with Gasteiger partial charge in [-0.1, -0.05) is 36.4 Å². The molecule has 0 spiro atoms. The first-order valence-corrected chi connectivity index (χ1v) is 10.1. The predicted molar refractivity (Wildman–Crippen MR) is 110 cm³/mol. The Morgan fingerprint density at radius 3 is 2.32 bits per heavy atom. The Labute approximate surface area is 166 Å². The van der Waals surface area contributed by atoms with Crippen molar-refractivity contribution in [3.8, 4) is 11.1 Å². The van der Waals surface area contributed by atoms with Crippen LogP contribution in [0.1, 0.15) is 28.8 Å². The van der Waals surface area contributed by atoms with Crippen molar-refractivity contribution < 1.29 is 9.59 Å². The van der Waals surface area contributed by atoms with Gasteiger partial charge in [0.05, 0.1) is 6.42 Å². The smallest absolute Gasteiger partial charge is 0.253 e. The van der Waals surface area contributed by atoms with E-state index in [1.807, 2.05) is 53.4 Å². The van der Waals surface area contributed by atoms with E-state index in [1.54, 1.807) is 7.05 Å². The summed E-state index contributed by atoms with van der Waals surface area (Å²) in [5.41, 5.74) is 3.90. The van der Waals surface area contributed by atoms with Crippen LogP contribution in [0, 0.1) is 0 Å². The number of likely N-dealkylation sites (N-methyl/N-ethyl adjacent to an activating group) is 1. The minimum absolute atomic E-state index is 0.00838. The van der Waals surface area contributed by atoms with E-state index in [4.69, 9.17) is 0 Å². The Kier molecular flexibility index (Phi) is 5.44. The Morgan fingerprint density at radius 2 is 1.64 bits per heavy atom. The molecule has 2 aliphatic rings. The molecule has 2 heterocycles. The Hall–Kier alpha value is -2.66. The lowest BCUT2D eigenvalue weighted by Crippen LogP contribution is -2.52. The molecule has 2 amide bonds. The number of benzene rings is 2. The van der Waals surface area contributed by atoms with Crippen LogP contribution in [0.4, 0.5) is 0 Å². The van der Waals surface area contributed by atoms with Crippen LogP contribution >= 0.6 is 0 Å². The van der Waals surface area contributed by atoms with Crippen LogP contribution in [0.3, 0.4) is 0 Å². The van der Waals surface area contributed by atoms with Gasteiger partial charge in [-0.2, -0.15) is 0 Å². The first kappa shape index (κ1) is 18.7.